The van der Waals surface area contributed by atoms with Crippen LogP contribution in [0.5, 0.6) is 11.5 Å². The van der Waals surface area contributed by atoms with Crippen molar-refractivity contribution in [2.45, 2.75) is 12.8 Å². The first-order valence-electron chi connectivity index (χ1n) is 10.8. The third kappa shape index (κ3) is 7.37. The first-order valence-corrected chi connectivity index (χ1v) is 10.8. The van der Waals surface area contributed by atoms with Crippen molar-refractivity contribution in [3.8, 4) is 11.5 Å². The fraction of sp³-hybridized carbons (Fsp3) is 0.192. The van der Waals surface area contributed by atoms with Gasteiger partial charge in [-0.25, -0.2) is 0 Å². The molecule has 0 heterocycles. The molecule has 0 bridgehead atoms. The summed E-state index contributed by atoms with van der Waals surface area (Å²) >= 11 is 0. The fourth-order valence-electron chi connectivity index (χ4n) is 3.20. The Hall–Kier alpha value is -4.33. The van der Waals surface area contributed by atoms with E-state index in [9.17, 15) is 14.4 Å². The van der Waals surface area contributed by atoms with Gasteiger partial charge in [0.2, 0.25) is 5.91 Å². The molecule has 8 nitrogen and oxygen atoms in total. The minimum Gasteiger partial charge on any atom is -0.496 e. The molecule has 3 N–H and O–H groups in total. The summed E-state index contributed by atoms with van der Waals surface area (Å²) in [6.07, 6.45) is 0.665. The maximum Gasteiger partial charge on any atom is 0.276 e. The Morgan fingerprint density at radius 2 is 1.41 bits per heavy atom. The normalized spacial score (nSPS) is 10.1. The summed E-state index contributed by atoms with van der Waals surface area (Å²) in [5.74, 6) is -0.245. The smallest absolute Gasteiger partial charge is 0.276 e. The fourth-order valence-corrected chi connectivity index (χ4v) is 3.20. The lowest BCUT2D eigenvalue weighted by atomic mass is 10.0. The van der Waals surface area contributed by atoms with Crippen LogP contribution in [0.1, 0.15) is 27.9 Å². The van der Waals surface area contributed by atoms with Crippen LogP contribution in [0.4, 0.5) is 0 Å². The lowest BCUT2D eigenvalue weighted by molar-refractivity contribution is -0.129. The Bertz CT molecular complexity index is 1120. The molecule has 0 aliphatic rings. The average molecular weight is 462 g/mol. The van der Waals surface area contributed by atoms with Crippen LogP contribution in [-0.4, -0.2) is 38.0 Å². The van der Waals surface area contributed by atoms with Crippen LogP contribution >= 0.6 is 0 Å². The van der Waals surface area contributed by atoms with Crippen LogP contribution in [0, 0.1) is 0 Å². The number of amides is 3. The second-order valence-electron chi connectivity index (χ2n) is 7.36. The van der Waals surface area contributed by atoms with Gasteiger partial charge < -0.3 is 14.8 Å². The van der Waals surface area contributed by atoms with Crippen LogP contribution in [0.3, 0.4) is 0 Å². The molecule has 3 rings (SSSR count). The largest absolute Gasteiger partial charge is 0.496 e. The van der Waals surface area contributed by atoms with Gasteiger partial charge in [-0.3, -0.25) is 25.2 Å². The Balaban J connectivity index is 1.38. The van der Waals surface area contributed by atoms with Crippen LogP contribution in [-0.2, 0) is 16.0 Å². The van der Waals surface area contributed by atoms with Crippen LogP contribution in [0.25, 0.3) is 0 Å². The molecular formula is C26H27N3O5. The maximum absolute atomic E-state index is 12.2. The molecule has 3 aromatic rings. The van der Waals surface area contributed by atoms with E-state index in [0.717, 1.165) is 11.1 Å². The van der Waals surface area contributed by atoms with E-state index >= 15 is 0 Å². The predicted molar refractivity (Wildman–Crippen MR) is 127 cm³/mol. The van der Waals surface area contributed by atoms with E-state index in [-0.39, 0.29) is 25.5 Å². The van der Waals surface area contributed by atoms with Gasteiger partial charge in [0.05, 0.1) is 12.7 Å². The van der Waals surface area contributed by atoms with E-state index < -0.39 is 11.8 Å². The van der Waals surface area contributed by atoms with Crippen molar-refractivity contribution in [3.63, 3.8) is 0 Å². The third-order valence-electron chi connectivity index (χ3n) is 4.90. The highest BCUT2D eigenvalue weighted by atomic mass is 16.5. The molecule has 3 aromatic carbocycles. The van der Waals surface area contributed by atoms with Gasteiger partial charge in [-0.15, -0.1) is 0 Å². The third-order valence-corrected chi connectivity index (χ3v) is 4.90. The Morgan fingerprint density at radius 3 is 2.18 bits per heavy atom. The quantitative estimate of drug-likeness (QED) is 0.403. The second kappa shape index (κ2) is 12.6. The van der Waals surface area contributed by atoms with E-state index in [1.54, 1.807) is 30.3 Å². The highest BCUT2D eigenvalue weighted by Crippen LogP contribution is 2.21. The van der Waals surface area contributed by atoms with Crippen molar-refractivity contribution in [1.29, 1.82) is 0 Å². The molecule has 0 radical (unpaired) electrons. The number of hydrazine groups is 1. The van der Waals surface area contributed by atoms with Crippen molar-refractivity contribution in [2.75, 3.05) is 20.3 Å². The number of para-hydroxylation sites is 2. The molecule has 0 aliphatic heterocycles. The van der Waals surface area contributed by atoms with E-state index in [2.05, 4.69) is 16.2 Å². The molecule has 3 amide bonds. The molecule has 0 atom stereocenters. The average Bonchev–Trinajstić information content (AvgIpc) is 2.87. The number of carbonyl (C=O) groups is 3. The first-order chi connectivity index (χ1) is 16.6. The molecule has 0 saturated heterocycles. The zero-order valence-corrected chi connectivity index (χ0v) is 18.9. The second-order valence-corrected chi connectivity index (χ2v) is 7.36. The first kappa shape index (κ1) is 24.3. The zero-order chi connectivity index (χ0) is 24.2. The molecule has 0 unspecified atom stereocenters. The summed E-state index contributed by atoms with van der Waals surface area (Å²) in [6, 6.07) is 24.2. The summed E-state index contributed by atoms with van der Waals surface area (Å²) in [6.45, 7) is -0.154. The van der Waals surface area contributed by atoms with Crippen LogP contribution in [0.15, 0.2) is 78.9 Å². The van der Waals surface area contributed by atoms with E-state index in [0.29, 0.717) is 23.5 Å². The molecule has 0 spiro atoms. The van der Waals surface area contributed by atoms with Crippen molar-refractivity contribution < 1.29 is 23.9 Å². The van der Waals surface area contributed by atoms with Crippen molar-refractivity contribution in [3.05, 3.63) is 95.6 Å². The summed E-state index contributed by atoms with van der Waals surface area (Å²) in [4.78, 5) is 36.3. The number of ether oxygens (including phenoxy) is 2. The SMILES string of the molecule is COc1ccccc1C(=O)NCCC(=O)NNC(=O)COc1ccccc1Cc1ccccc1. The number of methoxy groups -OCH3 is 1. The summed E-state index contributed by atoms with van der Waals surface area (Å²) in [7, 11) is 1.48. The molecule has 0 saturated carbocycles. The number of nitrogens with one attached hydrogen (secondary N) is 3. The predicted octanol–water partition coefficient (Wildman–Crippen LogP) is 2.63. The van der Waals surface area contributed by atoms with E-state index in [1.165, 1.54) is 7.11 Å². The minimum atomic E-state index is -0.499. The van der Waals surface area contributed by atoms with Crippen LogP contribution in [0.2, 0.25) is 0 Å². The van der Waals surface area contributed by atoms with Gasteiger partial charge in [0.1, 0.15) is 11.5 Å². The van der Waals surface area contributed by atoms with Gasteiger partial charge in [0, 0.05) is 19.4 Å². The van der Waals surface area contributed by atoms with Gasteiger partial charge >= 0.3 is 0 Å². The van der Waals surface area contributed by atoms with Gasteiger partial charge in [-0.05, 0) is 29.3 Å². The number of hydrogen-bond acceptors (Lipinski definition) is 5. The summed E-state index contributed by atoms with van der Waals surface area (Å²) in [5, 5.41) is 2.65. The van der Waals surface area contributed by atoms with Gasteiger partial charge in [0.25, 0.3) is 11.8 Å². The minimum absolute atomic E-state index is 0.0120. The van der Waals surface area contributed by atoms with Crippen molar-refractivity contribution >= 4 is 17.7 Å². The molecule has 8 heteroatoms. The van der Waals surface area contributed by atoms with Crippen molar-refractivity contribution in [1.82, 2.24) is 16.2 Å². The molecular weight excluding hydrogens is 434 g/mol. The van der Waals surface area contributed by atoms with Gasteiger partial charge in [-0.1, -0.05) is 60.7 Å². The topological polar surface area (TPSA) is 106 Å². The molecule has 0 fully saturated rings. The Labute approximate surface area is 198 Å². The summed E-state index contributed by atoms with van der Waals surface area (Å²) in [5.41, 5.74) is 7.09. The zero-order valence-electron chi connectivity index (χ0n) is 18.9. The lowest BCUT2D eigenvalue weighted by Gasteiger charge is -2.12. The molecule has 34 heavy (non-hydrogen) atoms. The summed E-state index contributed by atoms with van der Waals surface area (Å²) < 4.78 is 10.8. The molecule has 0 aromatic heterocycles. The standard InChI is InChI=1S/C26H27N3O5/c1-33-23-14-8-6-12-21(23)26(32)27-16-15-24(30)28-29-25(31)18-34-22-13-7-5-11-20(22)17-19-9-3-2-4-10-19/h2-14H,15-18H2,1H3,(H,27,32)(H,28,30)(H,29,31). The van der Waals surface area contributed by atoms with Crippen molar-refractivity contribution in [2.24, 2.45) is 0 Å². The number of benzene rings is 3. The van der Waals surface area contributed by atoms with Gasteiger partial charge in [-0.2, -0.15) is 0 Å². The maximum atomic E-state index is 12.2. The van der Waals surface area contributed by atoms with E-state index in [1.807, 2.05) is 48.5 Å². The highest BCUT2D eigenvalue weighted by molar-refractivity contribution is 5.97. The Kier molecular flexibility index (Phi) is 9.04. The van der Waals surface area contributed by atoms with Crippen LogP contribution < -0.4 is 25.6 Å². The molecule has 176 valence electrons. The number of rotatable bonds is 10. The van der Waals surface area contributed by atoms with E-state index in [4.69, 9.17) is 9.47 Å². The monoisotopic (exact) mass is 461 g/mol. The Morgan fingerprint density at radius 1 is 0.765 bits per heavy atom. The lowest BCUT2D eigenvalue weighted by Crippen LogP contribution is -2.44. The van der Waals surface area contributed by atoms with Gasteiger partial charge in [0.15, 0.2) is 6.61 Å². The number of carbonyl (C=O) groups excluding carboxylic acids is 3. The highest BCUT2D eigenvalue weighted by Gasteiger charge is 2.12. The number of hydrogen-bond donors (Lipinski definition) is 3. The molecule has 0 aliphatic carbocycles.